The summed E-state index contributed by atoms with van der Waals surface area (Å²) in [6.07, 6.45) is 4.57. The van der Waals surface area contributed by atoms with E-state index in [1.807, 2.05) is 43.1 Å². The van der Waals surface area contributed by atoms with E-state index in [0.717, 1.165) is 17.1 Å². The zero-order chi connectivity index (χ0) is 19.8. The fourth-order valence-corrected chi connectivity index (χ4v) is 1.91. The van der Waals surface area contributed by atoms with Crippen LogP contribution in [0.5, 0.6) is 0 Å². The van der Waals surface area contributed by atoms with Crippen LogP contribution in [0.4, 0.5) is 5.69 Å². The highest BCUT2D eigenvalue weighted by molar-refractivity contribution is 7.80. The van der Waals surface area contributed by atoms with Gasteiger partial charge in [0.15, 0.2) is 5.11 Å². The number of hydrogen-bond donors (Lipinski definition) is 2. The summed E-state index contributed by atoms with van der Waals surface area (Å²) in [4.78, 5) is 2.79. The van der Waals surface area contributed by atoms with E-state index in [0.29, 0.717) is 11.0 Å². The van der Waals surface area contributed by atoms with Crippen molar-refractivity contribution < 1.29 is 0 Å². The number of rotatable bonds is 4. The van der Waals surface area contributed by atoms with Crippen molar-refractivity contribution in [2.75, 3.05) is 19.0 Å². The summed E-state index contributed by atoms with van der Waals surface area (Å²) in [5, 5.41) is 6.50. The van der Waals surface area contributed by atoms with Crippen molar-refractivity contribution in [2.24, 2.45) is 5.92 Å². The molecule has 1 unspecified atom stereocenters. The highest BCUT2D eigenvalue weighted by Crippen LogP contribution is 2.15. The van der Waals surface area contributed by atoms with Crippen molar-refractivity contribution in [2.45, 2.75) is 34.1 Å². The minimum Gasteiger partial charge on any atom is -0.383 e. The first kappa shape index (κ1) is 25.5. The second-order valence-electron chi connectivity index (χ2n) is 5.28. The molecule has 1 aromatic rings. The third-order valence-electron chi connectivity index (χ3n) is 3.23. The van der Waals surface area contributed by atoms with Crippen molar-refractivity contribution in [3.8, 4) is 0 Å². The Morgan fingerprint density at radius 1 is 1.16 bits per heavy atom. The van der Waals surface area contributed by atoms with E-state index in [4.69, 9.17) is 24.4 Å². The normalized spacial score (nSPS) is 9.84. The lowest BCUT2D eigenvalue weighted by atomic mass is 10.1. The molecule has 0 heterocycles. The quantitative estimate of drug-likeness (QED) is 0.552. The number of thiocarbonyl (C=S) groups is 2. The second kappa shape index (κ2) is 15.8. The number of nitrogens with one attached hydrogen (secondary N) is 2. The molecule has 0 bridgehead atoms. The predicted octanol–water partition coefficient (Wildman–Crippen LogP) is 5.22. The van der Waals surface area contributed by atoms with Crippen molar-refractivity contribution in [1.29, 1.82) is 0 Å². The molecule has 140 valence electrons. The van der Waals surface area contributed by atoms with E-state index in [-0.39, 0.29) is 0 Å². The lowest BCUT2D eigenvalue weighted by molar-refractivity contribution is 0.729. The number of anilines is 1. The summed E-state index contributed by atoms with van der Waals surface area (Å²) in [5.74, 6) is 0.537. The van der Waals surface area contributed by atoms with Gasteiger partial charge in [-0.15, -0.1) is 6.58 Å². The Labute approximate surface area is 165 Å². The van der Waals surface area contributed by atoms with Gasteiger partial charge >= 0.3 is 0 Å². The van der Waals surface area contributed by atoms with Gasteiger partial charge in [0.25, 0.3) is 0 Å². The monoisotopic (exact) mass is 379 g/mol. The van der Waals surface area contributed by atoms with Crippen LogP contribution in [0.3, 0.4) is 0 Å². The molecule has 3 nitrogen and oxygen atoms in total. The van der Waals surface area contributed by atoms with Crippen LogP contribution in [0.1, 0.15) is 32.8 Å². The van der Waals surface area contributed by atoms with Gasteiger partial charge in [0.1, 0.15) is 0 Å². The van der Waals surface area contributed by atoms with Gasteiger partial charge in [-0.2, -0.15) is 0 Å². The van der Waals surface area contributed by atoms with E-state index in [1.165, 1.54) is 5.56 Å². The molecule has 0 radical (unpaired) electrons. The van der Waals surface area contributed by atoms with Gasteiger partial charge in [-0.3, -0.25) is 4.90 Å². The Morgan fingerprint density at radius 2 is 1.64 bits per heavy atom. The Kier molecular flexibility index (Phi) is 16.1. The van der Waals surface area contributed by atoms with Crippen LogP contribution in [-0.2, 0) is 0 Å². The SMILES string of the molecule is C=CC.C=CN(C(=S)NC)c1ccc(C)cc1.CCC(C)C(=S)NC. The molecule has 5 heteroatoms. The molecule has 0 amide bonds. The van der Waals surface area contributed by atoms with Gasteiger partial charge in [-0.05, 0) is 44.6 Å². The third-order valence-corrected chi connectivity index (χ3v) is 4.24. The number of hydrogen-bond acceptors (Lipinski definition) is 2. The summed E-state index contributed by atoms with van der Waals surface area (Å²) < 4.78 is 0. The topological polar surface area (TPSA) is 27.3 Å². The van der Waals surface area contributed by atoms with Crippen molar-refractivity contribution in [3.05, 3.63) is 55.3 Å². The molecular weight excluding hydrogens is 346 g/mol. The molecule has 0 aliphatic heterocycles. The van der Waals surface area contributed by atoms with E-state index in [2.05, 4.69) is 44.6 Å². The molecule has 1 atom stereocenters. The molecule has 0 saturated heterocycles. The lowest BCUT2D eigenvalue weighted by Crippen LogP contribution is -2.33. The van der Waals surface area contributed by atoms with Crippen LogP contribution < -0.4 is 15.5 Å². The number of aryl methyl sites for hydroxylation is 1. The van der Waals surface area contributed by atoms with Crippen LogP contribution >= 0.6 is 24.4 Å². The van der Waals surface area contributed by atoms with Gasteiger partial charge in [0.05, 0.1) is 4.99 Å². The van der Waals surface area contributed by atoms with E-state index in [9.17, 15) is 0 Å². The zero-order valence-corrected chi connectivity index (χ0v) is 18.1. The second-order valence-corrected chi connectivity index (χ2v) is 6.10. The molecule has 2 N–H and O–H groups in total. The van der Waals surface area contributed by atoms with Gasteiger partial charge in [0.2, 0.25) is 0 Å². The first-order chi connectivity index (χ1) is 11.8. The molecule has 0 aromatic heterocycles. The zero-order valence-electron chi connectivity index (χ0n) is 16.4. The molecule has 25 heavy (non-hydrogen) atoms. The highest BCUT2D eigenvalue weighted by Gasteiger charge is 2.05. The van der Waals surface area contributed by atoms with Gasteiger partial charge in [0, 0.05) is 31.9 Å². The fraction of sp³-hybridized carbons (Fsp3) is 0.400. The van der Waals surface area contributed by atoms with E-state index in [1.54, 1.807) is 19.3 Å². The van der Waals surface area contributed by atoms with Crippen LogP contribution in [0.15, 0.2) is 49.7 Å². The highest BCUT2D eigenvalue weighted by atomic mass is 32.1. The average molecular weight is 380 g/mol. The predicted molar refractivity (Wildman–Crippen MR) is 122 cm³/mol. The summed E-state index contributed by atoms with van der Waals surface area (Å²) in [6, 6.07) is 8.12. The molecule has 0 aliphatic carbocycles. The largest absolute Gasteiger partial charge is 0.383 e. The first-order valence-electron chi connectivity index (χ1n) is 8.31. The van der Waals surface area contributed by atoms with E-state index >= 15 is 0 Å². The van der Waals surface area contributed by atoms with E-state index < -0.39 is 0 Å². The maximum Gasteiger partial charge on any atom is 0.177 e. The molecule has 0 spiro atoms. The first-order valence-corrected chi connectivity index (χ1v) is 9.13. The van der Waals surface area contributed by atoms with Crippen molar-refractivity contribution in [1.82, 2.24) is 10.6 Å². The molecular formula is C20H33N3S2. The molecule has 1 aromatic carbocycles. The Morgan fingerprint density at radius 3 is 1.92 bits per heavy atom. The van der Waals surface area contributed by atoms with Crippen molar-refractivity contribution in [3.63, 3.8) is 0 Å². The molecule has 0 aliphatic rings. The maximum atomic E-state index is 5.13. The van der Waals surface area contributed by atoms with Crippen LogP contribution in [-0.4, -0.2) is 24.2 Å². The van der Waals surface area contributed by atoms with Gasteiger partial charge in [-0.25, -0.2) is 0 Å². The van der Waals surface area contributed by atoms with Crippen molar-refractivity contribution >= 4 is 40.2 Å². The minimum atomic E-state index is 0.537. The minimum absolute atomic E-state index is 0.537. The number of allylic oxidation sites excluding steroid dienone is 1. The average Bonchev–Trinajstić information content (AvgIpc) is 2.63. The number of nitrogens with zero attached hydrogens (tertiary/aromatic N) is 1. The number of benzene rings is 1. The smallest absolute Gasteiger partial charge is 0.177 e. The third kappa shape index (κ3) is 11.5. The van der Waals surface area contributed by atoms with Crippen LogP contribution in [0, 0.1) is 12.8 Å². The summed E-state index contributed by atoms with van der Waals surface area (Å²) in [6.45, 7) is 15.3. The standard InChI is InChI=1S/C11H14N2S.C6H13NS.C3H6/c1-4-13(11(14)12-3)10-7-5-9(2)6-8-10;1-4-5(2)6(8)7-3;1-3-2/h4-8H,1H2,2-3H3,(H,12,14);5H,4H2,1-3H3,(H,7,8);3H,1H2,2H3. The fourth-order valence-electron chi connectivity index (χ4n) is 1.56. The summed E-state index contributed by atoms with van der Waals surface area (Å²) in [5.41, 5.74) is 2.25. The molecule has 0 fully saturated rings. The molecule has 0 saturated carbocycles. The lowest BCUT2D eigenvalue weighted by Gasteiger charge is -2.20. The Hall–Kier alpha value is -1.72. The Bertz CT molecular complexity index is 524. The molecule has 1 rings (SSSR count). The van der Waals surface area contributed by atoms with Gasteiger partial charge in [-0.1, -0.05) is 56.4 Å². The summed E-state index contributed by atoms with van der Waals surface area (Å²) in [7, 11) is 3.67. The Balaban J connectivity index is 0. The maximum absolute atomic E-state index is 5.13. The van der Waals surface area contributed by atoms with Crippen LogP contribution in [0.2, 0.25) is 0 Å². The van der Waals surface area contributed by atoms with Crippen LogP contribution in [0.25, 0.3) is 0 Å². The van der Waals surface area contributed by atoms with Gasteiger partial charge < -0.3 is 10.6 Å². The summed E-state index contributed by atoms with van der Waals surface area (Å²) >= 11 is 10.1.